The zero-order valence-electron chi connectivity index (χ0n) is 16.0. The molecule has 0 saturated carbocycles. The summed E-state index contributed by atoms with van der Waals surface area (Å²) in [6, 6.07) is 0. The molecule has 0 amide bonds. The van der Waals surface area contributed by atoms with Crippen molar-refractivity contribution in [2.75, 3.05) is 6.61 Å². The molecule has 0 aromatic carbocycles. The number of hydrogen-bond acceptors (Lipinski definition) is 2. The van der Waals surface area contributed by atoms with Crippen LogP contribution < -0.4 is 0 Å². The quantitative estimate of drug-likeness (QED) is 0.438. The minimum absolute atomic E-state index is 0.0253. The zero-order valence-corrected chi connectivity index (χ0v) is 16.0. The lowest BCUT2D eigenvalue weighted by molar-refractivity contribution is -0.121. The summed E-state index contributed by atoms with van der Waals surface area (Å²) >= 11 is 0. The molecule has 0 fully saturated rings. The van der Waals surface area contributed by atoms with E-state index in [4.69, 9.17) is 0 Å². The highest BCUT2D eigenvalue weighted by Gasteiger charge is 2.18. The molecule has 0 heterocycles. The average molecular weight is 313 g/mol. The Kier molecular flexibility index (Phi) is 10.2. The van der Waals surface area contributed by atoms with Gasteiger partial charge < -0.3 is 5.11 Å². The molecule has 0 aliphatic rings. The topological polar surface area (TPSA) is 37.3 Å². The first-order chi connectivity index (χ1) is 10.1. The van der Waals surface area contributed by atoms with Crippen molar-refractivity contribution in [2.24, 2.45) is 16.7 Å². The first-order valence-corrected chi connectivity index (χ1v) is 9.25. The Hall–Kier alpha value is -0.370. The van der Waals surface area contributed by atoms with E-state index in [9.17, 15) is 9.90 Å². The molecule has 0 radical (unpaired) electrons. The standard InChI is InChI=1S/C20H40O2/c1-7-19(3,4)14-10-8-12-18(17(2)22)13-9-11-15-20(5,6)16-21/h18,21H,7-16H2,1-6H3. The van der Waals surface area contributed by atoms with Crippen LogP contribution in [0.4, 0.5) is 0 Å². The Bertz CT molecular complexity index is 281. The minimum Gasteiger partial charge on any atom is -0.396 e. The monoisotopic (exact) mass is 312 g/mol. The molecule has 132 valence electrons. The summed E-state index contributed by atoms with van der Waals surface area (Å²) < 4.78 is 0. The number of unbranched alkanes of at least 4 members (excludes halogenated alkanes) is 2. The lowest BCUT2D eigenvalue weighted by atomic mass is 9.83. The van der Waals surface area contributed by atoms with Crippen LogP contribution in [0, 0.1) is 16.7 Å². The second-order valence-electron chi connectivity index (χ2n) is 8.64. The lowest BCUT2D eigenvalue weighted by Gasteiger charge is -2.23. The Labute approximate surface area is 139 Å². The van der Waals surface area contributed by atoms with Crippen molar-refractivity contribution in [3.63, 3.8) is 0 Å². The van der Waals surface area contributed by atoms with E-state index in [-0.39, 0.29) is 17.9 Å². The molecule has 0 aromatic heterocycles. The fourth-order valence-corrected chi connectivity index (χ4v) is 2.80. The highest BCUT2D eigenvalue weighted by atomic mass is 16.3. The summed E-state index contributed by atoms with van der Waals surface area (Å²) in [4.78, 5) is 11.8. The number of ketones is 1. The molecule has 0 aliphatic carbocycles. The van der Waals surface area contributed by atoms with E-state index in [1.165, 1.54) is 25.7 Å². The number of aliphatic hydroxyl groups is 1. The Morgan fingerprint density at radius 1 is 0.909 bits per heavy atom. The van der Waals surface area contributed by atoms with Gasteiger partial charge in [-0.05, 0) is 43.4 Å². The predicted octanol–water partition coefficient (Wildman–Crippen LogP) is 5.77. The van der Waals surface area contributed by atoms with Crippen LogP contribution in [0.15, 0.2) is 0 Å². The SMILES string of the molecule is CCC(C)(C)CCCCC(CCCCC(C)(C)CO)C(C)=O. The van der Waals surface area contributed by atoms with E-state index in [2.05, 4.69) is 34.6 Å². The second-order valence-corrected chi connectivity index (χ2v) is 8.64. The third-order valence-electron chi connectivity index (χ3n) is 5.27. The van der Waals surface area contributed by atoms with Crippen LogP contribution in [-0.4, -0.2) is 17.5 Å². The van der Waals surface area contributed by atoms with Crippen molar-refractivity contribution in [1.82, 2.24) is 0 Å². The van der Waals surface area contributed by atoms with Crippen LogP contribution >= 0.6 is 0 Å². The van der Waals surface area contributed by atoms with Gasteiger partial charge in [0.2, 0.25) is 0 Å². The van der Waals surface area contributed by atoms with Crippen LogP contribution in [0.1, 0.15) is 99.3 Å². The average Bonchev–Trinajstić information content (AvgIpc) is 2.45. The maximum absolute atomic E-state index is 11.8. The molecule has 0 saturated heterocycles. The van der Waals surface area contributed by atoms with Gasteiger partial charge in [-0.15, -0.1) is 0 Å². The molecule has 0 bridgehead atoms. The smallest absolute Gasteiger partial charge is 0.132 e. The highest BCUT2D eigenvalue weighted by molar-refractivity contribution is 5.78. The number of aliphatic hydroxyl groups excluding tert-OH is 1. The van der Waals surface area contributed by atoms with Crippen molar-refractivity contribution in [1.29, 1.82) is 0 Å². The number of carbonyl (C=O) groups excluding carboxylic acids is 1. The molecule has 0 aliphatic heterocycles. The van der Waals surface area contributed by atoms with E-state index in [1.54, 1.807) is 6.92 Å². The van der Waals surface area contributed by atoms with E-state index >= 15 is 0 Å². The van der Waals surface area contributed by atoms with E-state index in [0.717, 1.165) is 32.1 Å². The molecule has 0 aromatic rings. The fraction of sp³-hybridized carbons (Fsp3) is 0.950. The molecule has 1 unspecified atom stereocenters. The van der Waals surface area contributed by atoms with Gasteiger partial charge in [-0.3, -0.25) is 4.79 Å². The highest BCUT2D eigenvalue weighted by Crippen LogP contribution is 2.29. The zero-order chi connectivity index (χ0) is 17.2. The number of hydrogen-bond donors (Lipinski definition) is 1. The van der Waals surface area contributed by atoms with E-state index in [0.29, 0.717) is 11.2 Å². The maximum Gasteiger partial charge on any atom is 0.132 e. The summed E-state index contributed by atoms with van der Waals surface area (Å²) in [5, 5.41) is 9.27. The van der Waals surface area contributed by atoms with Crippen molar-refractivity contribution in [3.8, 4) is 0 Å². The Morgan fingerprint density at radius 3 is 1.73 bits per heavy atom. The van der Waals surface area contributed by atoms with E-state index < -0.39 is 0 Å². The van der Waals surface area contributed by atoms with Gasteiger partial charge in [0.1, 0.15) is 5.78 Å². The number of carbonyl (C=O) groups is 1. The van der Waals surface area contributed by atoms with Crippen molar-refractivity contribution in [2.45, 2.75) is 99.3 Å². The van der Waals surface area contributed by atoms with Gasteiger partial charge >= 0.3 is 0 Å². The largest absolute Gasteiger partial charge is 0.396 e. The van der Waals surface area contributed by atoms with Gasteiger partial charge in [-0.1, -0.05) is 66.7 Å². The molecule has 1 atom stereocenters. The molecular weight excluding hydrogens is 272 g/mol. The molecule has 22 heavy (non-hydrogen) atoms. The van der Waals surface area contributed by atoms with Gasteiger partial charge in [-0.2, -0.15) is 0 Å². The second kappa shape index (κ2) is 10.4. The summed E-state index contributed by atoms with van der Waals surface area (Å²) in [6.45, 7) is 13.1. The van der Waals surface area contributed by atoms with E-state index in [1.807, 2.05) is 0 Å². The first kappa shape index (κ1) is 21.6. The third-order valence-corrected chi connectivity index (χ3v) is 5.27. The van der Waals surface area contributed by atoms with Crippen LogP contribution in [0.2, 0.25) is 0 Å². The van der Waals surface area contributed by atoms with Crippen LogP contribution in [-0.2, 0) is 4.79 Å². The molecule has 0 spiro atoms. The molecule has 0 rings (SSSR count). The lowest BCUT2D eigenvalue weighted by Crippen LogP contribution is -2.17. The van der Waals surface area contributed by atoms with Gasteiger partial charge in [0.25, 0.3) is 0 Å². The van der Waals surface area contributed by atoms with Gasteiger partial charge in [0.15, 0.2) is 0 Å². The Balaban J connectivity index is 3.95. The molecule has 2 nitrogen and oxygen atoms in total. The van der Waals surface area contributed by atoms with Crippen molar-refractivity contribution < 1.29 is 9.90 Å². The predicted molar refractivity (Wildman–Crippen MR) is 96.0 cm³/mol. The number of rotatable bonds is 13. The summed E-state index contributed by atoms with van der Waals surface area (Å²) in [6.07, 6.45) is 10.2. The van der Waals surface area contributed by atoms with Gasteiger partial charge in [0.05, 0.1) is 0 Å². The first-order valence-electron chi connectivity index (χ1n) is 9.25. The van der Waals surface area contributed by atoms with Gasteiger partial charge in [-0.25, -0.2) is 0 Å². The molecular formula is C20H40O2. The molecule has 2 heteroatoms. The third kappa shape index (κ3) is 10.4. The summed E-state index contributed by atoms with van der Waals surface area (Å²) in [5.74, 6) is 0.609. The van der Waals surface area contributed by atoms with Gasteiger partial charge in [0, 0.05) is 12.5 Å². The van der Waals surface area contributed by atoms with Crippen molar-refractivity contribution in [3.05, 3.63) is 0 Å². The minimum atomic E-state index is 0.0253. The van der Waals surface area contributed by atoms with Crippen LogP contribution in [0.5, 0.6) is 0 Å². The Morgan fingerprint density at radius 2 is 1.36 bits per heavy atom. The fourth-order valence-electron chi connectivity index (χ4n) is 2.80. The van der Waals surface area contributed by atoms with Crippen LogP contribution in [0.25, 0.3) is 0 Å². The molecule has 1 N–H and O–H groups in total. The summed E-state index contributed by atoms with van der Waals surface area (Å²) in [7, 11) is 0. The van der Waals surface area contributed by atoms with Crippen molar-refractivity contribution >= 4 is 5.78 Å². The van der Waals surface area contributed by atoms with Crippen LogP contribution in [0.3, 0.4) is 0 Å². The maximum atomic E-state index is 11.8. The normalized spacial score (nSPS) is 14.1. The number of Topliss-reactive ketones (excluding diaryl/α,β-unsaturated/α-hetero) is 1. The summed E-state index contributed by atoms with van der Waals surface area (Å²) in [5.41, 5.74) is 0.471.